The topological polar surface area (TPSA) is 0 Å². The van der Waals surface area contributed by atoms with Crippen molar-refractivity contribution in [2.75, 3.05) is 0 Å². The van der Waals surface area contributed by atoms with E-state index in [1.165, 1.54) is 16.7 Å². The monoisotopic (exact) mass is 133 g/mol. The molecular formula is C10H13. The number of benzene rings is 1. The second-order valence-corrected chi connectivity index (χ2v) is 2.63. The molecule has 0 aliphatic carbocycles. The summed E-state index contributed by atoms with van der Waals surface area (Å²) in [5.41, 5.74) is 4.05. The minimum Gasteiger partial charge on any atom is -0.0588 e. The van der Waals surface area contributed by atoms with Crippen LogP contribution in [0.3, 0.4) is 0 Å². The second kappa shape index (κ2) is 2.87. The van der Waals surface area contributed by atoms with Gasteiger partial charge in [0.1, 0.15) is 0 Å². The SMILES string of the molecule is C[CH]c1ccc(C)c(C)c1. The molecule has 0 unspecified atom stereocenters. The smallest absolute Gasteiger partial charge is 0.0124 e. The Balaban J connectivity index is 3.04. The van der Waals surface area contributed by atoms with Crippen molar-refractivity contribution in [1.82, 2.24) is 0 Å². The molecule has 0 N–H and O–H groups in total. The van der Waals surface area contributed by atoms with Gasteiger partial charge in [-0.1, -0.05) is 25.1 Å². The Morgan fingerprint density at radius 1 is 1.10 bits per heavy atom. The minimum atomic E-state index is 1.31. The van der Waals surface area contributed by atoms with Crippen molar-refractivity contribution in [2.24, 2.45) is 0 Å². The van der Waals surface area contributed by atoms with Gasteiger partial charge >= 0.3 is 0 Å². The predicted octanol–water partition coefficient (Wildman–Crippen LogP) is 2.88. The molecule has 0 atom stereocenters. The highest BCUT2D eigenvalue weighted by atomic mass is 14.0. The van der Waals surface area contributed by atoms with Gasteiger partial charge in [-0.25, -0.2) is 0 Å². The third kappa shape index (κ3) is 1.38. The molecule has 0 aromatic heterocycles. The lowest BCUT2D eigenvalue weighted by atomic mass is 10.1. The quantitative estimate of drug-likeness (QED) is 0.552. The lowest BCUT2D eigenvalue weighted by Gasteiger charge is -2.00. The lowest BCUT2D eigenvalue weighted by molar-refractivity contribution is 1.30. The predicted molar refractivity (Wildman–Crippen MR) is 45.0 cm³/mol. The first-order chi connectivity index (χ1) is 4.74. The molecule has 0 spiro atoms. The van der Waals surface area contributed by atoms with Gasteiger partial charge in [0.05, 0.1) is 0 Å². The Morgan fingerprint density at radius 2 is 1.80 bits per heavy atom. The Kier molecular flexibility index (Phi) is 2.10. The minimum absolute atomic E-state index is 1.31. The zero-order chi connectivity index (χ0) is 7.56. The average molecular weight is 133 g/mol. The van der Waals surface area contributed by atoms with E-state index in [0.29, 0.717) is 0 Å². The van der Waals surface area contributed by atoms with Crippen molar-refractivity contribution < 1.29 is 0 Å². The summed E-state index contributed by atoms with van der Waals surface area (Å²) in [7, 11) is 0. The molecule has 0 aliphatic rings. The first kappa shape index (κ1) is 7.33. The molecule has 1 radical (unpaired) electrons. The van der Waals surface area contributed by atoms with E-state index in [9.17, 15) is 0 Å². The fourth-order valence-corrected chi connectivity index (χ4v) is 0.944. The summed E-state index contributed by atoms with van der Waals surface area (Å²) in [6, 6.07) is 6.50. The van der Waals surface area contributed by atoms with Crippen LogP contribution in [0.1, 0.15) is 23.6 Å². The first-order valence-electron chi connectivity index (χ1n) is 3.60. The third-order valence-corrected chi connectivity index (χ3v) is 1.86. The number of aryl methyl sites for hydroxylation is 2. The molecule has 1 rings (SSSR count). The number of hydrogen-bond acceptors (Lipinski definition) is 0. The fraction of sp³-hybridized carbons (Fsp3) is 0.300. The fourth-order valence-electron chi connectivity index (χ4n) is 0.944. The van der Waals surface area contributed by atoms with Crippen LogP contribution in [0.2, 0.25) is 0 Å². The van der Waals surface area contributed by atoms with Gasteiger partial charge in [0.2, 0.25) is 0 Å². The maximum atomic E-state index is 2.20. The maximum absolute atomic E-state index is 2.20. The summed E-state index contributed by atoms with van der Waals surface area (Å²) in [6.45, 7) is 6.33. The maximum Gasteiger partial charge on any atom is -0.0124 e. The molecular weight excluding hydrogens is 120 g/mol. The van der Waals surface area contributed by atoms with E-state index in [-0.39, 0.29) is 0 Å². The summed E-state index contributed by atoms with van der Waals surface area (Å²) < 4.78 is 0. The zero-order valence-electron chi connectivity index (χ0n) is 6.81. The van der Waals surface area contributed by atoms with Crippen molar-refractivity contribution in [1.29, 1.82) is 0 Å². The van der Waals surface area contributed by atoms with E-state index in [1.807, 2.05) is 0 Å². The van der Waals surface area contributed by atoms with Crippen LogP contribution in [0.5, 0.6) is 0 Å². The van der Waals surface area contributed by atoms with Gasteiger partial charge < -0.3 is 0 Å². The van der Waals surface area contributed by atoms with Crippen LogP contribution in [0.25, 0.3) is 0 Å². The van der Waals surface area contributed by atoms with E-state index in [2.05, 4.69) is 45.4 Å². The van der Waals surface area contributed by atoms with E-state index < -0.39 is 0 Å². The summed E-state index contributed by atoms with van der Waals surface area (Å²) in [6.07, 6.45) is 2.12. The highest BCUT2D eigenvalue weighted by Gasteiger charge is 1.92. The first-order valence-corrected chi connectivity index (χ1v) is 3.60. The van der Waals surface area contributed by atoms with E-state index in [1.54, 1.807) is 0 Å². The Labute approximate surface area is 62.9 Å². The number of rotatable bonds is 1. The Hall–Kier alpha value is -0.780. The molecule has 0 nitrogen and oxygen atoms in total. The van der Waals surface area contributed by atoms with Crippen LogP contribution in [-0.4, -0.2) is 0 Å². The van der Waals surface area contributed by atoms with E-state index in [0.717, 1.165) is 0 Å². The Bertz CT molecular complexity index is 223. The van der Waals surface area contributed by atoms with Gasteiger partial charge in [0, 0.05) is 0 Å². The van der Waals surface area contributed by atoms with E-state index in [4.69, 9.17) is 0 Å². The van der Waals surface area contributed by atoms with Crippen LogP contribution >= 0.6 is 0 Å². The third-order valence-electron chi connectivity index (χ3n) is 1.86. The van der Waals surface area contributed by atoms with Crippen LogP contribution in [0.15, 0.2) is 18.2 Å². The molecule has 0 bridgehead atoms. The highest BCUT2D eigenvalue weighted by Crippen LogP contribution is 2.10. The highest BCUT2D eigenvalue weighted by molar-refractivity contribution is 5.32. The van der Waals surface area contributed by atoms with Crippen molar-refractivity contribution in [3.8, 4) is 0 Å². The van der Waals surface area contributed by atoms with Gasteiger partial charge in [-0.05, 0) is 37.0 Å². The van der Waals surface area contributed by atoms with Gasteiger partial charge in [-0.3, -0.25) is 0 Å². The molecule has 1 aromatic carbocycles. The van der Waals surface area contributed by atoms with Crippen LogP contribution in [-0.2, 0) is 0 Å². The normalized spacial score (nSPS) is 9.90. The van der Waals surface area contributed by atoms with Crippen molar-refractivity contribution in [3.63, 3.8) is 0 Å². The van der Waals surface area contributed by atoms with Crippen molar-refractivity contribution in [3.05, 3.63) is 41.3 Å². The largest absolute Gasteiger partial charge is 0.0588 e. The number of hydrogen-bond donors (Lipinski definition) is 0. The molecule has 0 saturated carbocycles. The van der Waals surface area contributed by atoms with E-state index >= 15 is 0 Å². The van der Waals surface area contributed by atoms with Crippen molar-refractivity contribution >= 4 is 0 Å². The molecule has 0 saturated heterocycles. The molecule has 0 amide bonds. The van der Waals surface area contributed by atoms with Crippen LogP contribution in [0, 0.1) is 20.3 Å². The summed E-state index contributed by atoms with van der Waals surface area (Å²) in [5.74, 6) is 0. The van der Waals surface area contributed by atoms with Crippen LogP contribution < -0.4 is 0 Å². The summed E-state index contributed by atoms with van der Waals surface area (Å²) >= 11 is 0. The van der Waals surface area contributed by atoms with Gasteiger partial charge in [-0.2, -0.15) is 0 Å². The molecule has 1 aromatic rings. The van der Waals surface area contributed by atoms with Crippen molar-refractivity contribution in [2.45, 2.75) is 20.8 Å². The summed E-state index contributed by atoms with van der Waals surface area (Å²) in [4.78, 5) is 0. The summed E-state index contributed by atoms with van der Waals surface area (Å²) in [5, 5.41) is 0. The standard InChI is InChI=1S/C10H13/c1-4-10-6-5-8(2)9(3)7-10/h4-7H,1-3H3. The Morgan fingerprint density at radius 3 is 2.30 bits per heavy atom. The van der Waals surface area contributed by atoms with Gasteiger partial charge in [0.25, 0.3) is 0 Å². The second-order valence-electron chi connectivity index (χ2n) is 2.63. The average Bonchev–Trinajstić information content (AvgIpc) is 1.95. The molecule has 0 heterocycles. The van der Waals surface area contributed by atoms with Crippen LogP contribution in [0.4, 0.5) is 0 Å². The molecule has 0 aliphatic heterocycles. The molecule has 10 heavy (non-hydrogen) atoms. The molecule has 0 heteroatoms. The zero-order valence-corrected chi connectivity index (χ0v) is 6.81. The molecule has 53 valence electrons. The van der Waals surface area contributed by atoms with Gasteiger partial charge in [0.15, 0.2) is 0 Å². The van der Waals surface area contributed by atoms with Gasteiger partial charge in [-0.15, -0.1) is 0 Å². The lowest BCUT2D eigenvalue weighted by Crippen LogP contribution is -1.82. The molecule has 0 fully saturated rings.